The van der Waals surface area contributed by atoms with E-state index in [0.29, 0.717) is 12.2 Å². The van der Waals surface area contributed by atoms with Crippen molar-refractivity contribution < 1.29 is 28.3 Å². The van der Waals surface area contributed by atoms with Crippen LogP contribution in [0.25, 0.3) is 0 Å². The molecule has 0 spiro atoms. The standard InChI is InChI=1S/C29H41N3O6S2Si/c1-9-13-36-27(34)24-25(18(4)23-22(26(33)32(23)24)19(5)38-41(6,7)8)40-28-30-21(16-39-28)20-12-11-17(3)31(15-20)29(35)37-14-10-2/h9-10,16-20,22-23H,1-2,11-15H2,3-8H3/t17?,18-,19-,20?,22-,23-/m1/s1. The molecule has 1 aromatic heterocycles. The van der Waals surface area contributed by atoms with Crippen molar-refractivity contribution in [2.24, 2.45) is 11.8 Å². The third-order valence-electron chi connectivity index (χ3n) is 7.72. The van der Waals surface area contributed by atoms with Gasteiger partial charge in [-0.25, -0.2) is 14.6 Å². The first-order chi connectivity index (χ1) is 19.4. The molecule has 2 unspecified atom stereocenters. The van der Waals surface area contributed by atoms with Crippen molar-refractivity contribution in [2.45, 2.75) is 81.7 Å². The molecule has 0 N–H and O–H groups in total. The summed E-state index contributed by atoms with van der Waals surface area (Å²) in [4.78, 5) is 48.3. The number of aromatic nitrogens is 1. The Labute approximate surface area is 252 Å². The van der Waals surface area contributed by atoms with Crippen LogP contribution in [0.4, 0.5) is 4.79 Å². The van der Waals surface area contributed by atoms with Crippen molar-refractivity contribution in [2.75, 3.05) is 19.8 Å². The molecule has 6 atom stereocenters. The van der Waals surface area contributed by atoms with Crippen LogP contribution in [-0.4, -0.2) is 79.0 Å². The van der Waals surface area contributed by atoms with Gasteiger partial charge in [0, 0.05) is 34.7 Å². The molecule has 41 heavy (non-hydrogen) atoms. The summed E-state index contributed by atoms with van der Waals surface area (Å²) in [6.45, 7) is 20.4. The normalized spacial score (nSPS) is 26.8. The van der Waals surface area contributed by atoms with E-state index in [-0.39, 0.29) is 61.2 Å². The first-order valence-electron chi connectivity index (χ1n) is 14.1. The highest BCUT2D eigenvalue weighted by Gasteiger charge is 2.61. The number of β-lactam (4-membered cyclic amide) rings is 1. The third kappa shape index (κ3) is 6.65. The molecule has 1 aromatic rings. The quantitative estimate of drug-likeness (QED) is 0.133. The Hall–Kier alpha value is -2.41. The van der Waals surface area contributed by atoms with E-state index in [2.05, 4.69) is 39.7 Å². The van der Waals surface area contributed by atoms with Crippen LogP contribution < -0.4 is 0 Å². The van der Waals surface area contributed by atoms with Gasteiger partial charge >= 0.3 is 12.1 Å². The number of nitrogens with zero attached hydrogens (tertiary/aromatic N) is 3. The summed E-state index contributed by atoms with van der Waals surface area (Å²) in [6, 6.07) is -0.0796. The fraction of sp³-hybridized carbons (Fsp3) is 0.586. The second-order valence-electron chi connectivity index (χ2n) is 11.8. The van der Waals surface area contributed by atoms with E-state index in [0.717, 1.165) is 27.8 Å². The predicted molar refractivity (Wildman–Crippen MR) is 163 cm³/mol. The molecule has 0 radical (unpaired) electrons. The molecular formula is C29H41N3O6S2Si. The maximum atomic E-state index is 13.4. The number of hydrogen-bond acceptors (Lipinski definition) is 9. The lowest BCUT2D eigenvalue weighted by atomic mass is 9.79. The first-order valence-corrected chi connectivity index (χ1v) is 19.2. The highest BCUT2D eigenvalue weighted by Crippen LogP contribution is 2.53. The van der Waals surface area contributed by atoms with E-state index in [9.17, 15) is 14.4 Å². The molecule has 2 amide bonds. The number of thiazole rings is 1. The third-order valence-corrected chi connectivity index (χ3v) is 11.0. The van der Waals surface area contributed by atoms with Gasteiger partial charge in [-0.15, -0.1) is 11.3 Å². The van der Waals surface area contributed by atoms with Gasteiger partial charge in [-0.3, -0.25) is 4.79 Å². The second-order valence-corrected chi connectivity index (χ2v) is 18.4. The Kier molecular flexibility index (Phi) is 9.87. The summed E-state index contributed by atoms with van der Waals surface area (Å²) in [5.41, 5.74) is 1.22. The van der Waals surface area contributed by atoms with Gasteiger partial charge in [0.1, 0.15) is 18.9 Å². The van der Waals surface area contributed by atoms with Crippen LogP contribution in [0.3, 0.4) is 0 Å². The molecule has 3 aliphatic rings. The minimum absolute atomic E-state index is 0.0627. The number of amides is 2. The summed E-state index contributed by atoms with van der Waals surface area (Å²) in [7, 11) is -1.87. The Balaban J connectivity index is 1.55. The Morgan fingerprint density at radius 1 is 1.20 bits per heavy atom. The zero-order valence-electron chi connectivity index (χ0n) is 24.8. The molecule has 3 aliphatic heterocycles. The second kappa shape index (κ2) is 12.8. The van der Waals surface area contributed by atoms with Crippen LogP contribution in [0, 0.1) is 11.8 Å². The fourth-order valence-corrected chi connectivity index (χ4v) is 9.32. The van der Waals surface area contributed by atoms with Gasteiger partial charge in [-0.2, -0.15) is 0 Å². The lowest BCUT2D eigenvalue weighted by Crippen LogP contribution is -2.64. The van der Waals surface area contributed by atoms with Crippen LogP contribution in [0.1, 0.15) is 45.2 Å². The predicted octanol–water partition coefficient (Wildman–Crippen LogP) is 5.78. The lowest BCUT2D eigenvalue weighted by Gasteiger charge is -2.48. The molecule has 0 bridgehead atoms. The number of thioether (sulfide) groups is 1. The Morgan fingerprint density at radius 3 is 2.54 bits per heavy atom. The molecule has 224 valence electrons. The van der Waals surface area contributed by atoms with Gasteiger partial charge in [0.15, 0.2) is 12.7 Å². The highest BCUT2D eigenvalue weighted by molar-refractivity contribution is 8.04. The molecule has 4 heterocycles. The minimum atomic E-state index is -1.87. The molecule has 0 saturated carbocycles. The SMILES string of the molecule is C=CCOC(=O)C1=C(Sc2nc(C3CCC(C)N(C(=O)OCC=C)C3)cs2)[C@H](C)[C@@H]2[C@@H]([C@@H](C)O[Si](C)(C)C)C(=O)N12. The van der Waals surface area contributed by atoms with Crippen LogP contribution in [0.2, 0.25) is 19.6 Å². The van der Waals surface area contributed by atoms with Crippen molar-refractivity contribution in [3.05, 3.63) is 47.0 Å². The van der Waals surface area contributed by atoms with Crippen molar-refractivity contribution in [1.29, 1.82) is 0 Å². The van der Waals surface area contributed by atoms with E-state index in [1.165, 1.54) is 29.2 Å². The van der Waals surface area contributed by atoms with Crippen molar-refractivity contribution in [1.82, 2.24) is 14.8 Å². The van der Waals surface area contributed by atoms with E-state index >= 15 is 0 Å². The molecule has 0 aliphatic carbocycles. The summed E-state index contributed by atoms with van der Waals surface area (Å²) in [5.74, 6) is -0.947. The number of fused-ring (bicyclic) bond motifs is 1. The topological polar surface area (TPSA) is 98.3 Å². The maximum absolute atomic E-state index is 13.4. The molecule has 2 fully saturated rings. The number of likely N-dealkylation sites (tertiary alicyclic amines) is 1. The van der Waals surface area contributed by atoms with E-state index < -0.39 is 14.3 Å². The number of piperidine rings is 1. The van der Waals surface area contributed by atoms with Crippen LogP contribution in [0.15, 0.2) is 45.6 Å². The van der Waals surface area contributed by atoms with Gasteiger partial charge < -0.3 is 23.7 Å². The molecule has 9 nitrogen and oxygen atoms in total. The van der Waals surface area contributed by atoms with Gasteiger partial charge in [0.05, 0.1) is 23.8 Å². The summed E-state index contributed by atoms with van der Waals surface area (Å²) in [5, 5.41) is 2.03. The maximum Gasteiger partial charge on any atom is 0.410 e. The number of carbonyl (C=O) groups excluding carboxylic acids is 3. The van der Waals surface area contributed by atoms with Gasteiger partial charge in [0.2, 0.25) is 5.91 Å². The average molecular weight is 620 g/mol. The zero-order chi connectivity index (χ0) is 30.1. The zero-order valence-corrected chi connectivity index (χ0v) is 27.4. The van der Waals surface area contributed by atoms with Crippen molar-refractivity contribution in [3.8, 4) is 0 Å². The summed E-state index contributed by atoms with van der Waals surface area (Å²) >= 11 is 2.93. The van der Waals surface area contributed by atoms with Gasteiger partial charge in [-0.1, -0.05) is 44.0 Å². The Bertz CT molecular complexity index is 1230. The first kappa shape index (κ1) is 31.5. The molecule has 2 saturated heterocycles. The summed E-state index contributed by atoms with van der Waals surface area (Å²) in [6.07, 6.45) is 4.27. The number of rotatable bonds is 11. The monoisotopic (exact) mass is 619 g/mol. The number of esters is 1. The smallest absolute Gasteiger partial charge is 0.410 e. The van der Waals surface area contributed by atoms with Crippen molar-refractivity contribution in [3.63, 3.8) is 0 Å². The molecular weight excluding hydrogens is 579 g/mol. The number of ether oxygens (including phenoxy) is 2. The largest absolute Gasteiger partial charge is 0.457 e. The van der Waals surface area contributed by atoms with E-state index in [4.69, 9.17) is 18.9 Å². The number of hydrogen-bond donors (Lipinski definition) is 0. The highest BCUT2D eigenvalue weighted by atomic mass is 32.2. The Morgan fingerprint density at radius 2 is 1.88 bits per heavy atom. The van der Waals surface area contributed by atoms with Crippen LogP contribution in [0.5, 0.6) is 0 Å². The lowest BCUT2D eigenvalue weighted by molar-refractivity contribution is -0.163. The molecule has 12 heteroatoms. The van der Waals surface area contributed by atoms with Gasteiger partial charge in [0.25, 0.3) is 0 Å². The van der Waals surface area contributed by atoms with Gasteiger partial charge in [-0.05, 0) is 46.3 Å². The average Bonchev–Trinajstić information content (AvgIpc) is 3.46. The van der Waals surface area contributed by atoms with E-state index in [1.807, 2.05) is 19.2 Å². The fourth-order valence-electron chi connectivity index (χ4n) is 5.88. The van der Waals surface area contributed by atoms with Crippen molar-refractivity contribution >= 4 is 49.4 Å². The van der Waals surface area contributed by atoms with Crippen LogP contribution in [-0.2, 0) is 23.5 Å². The summed E-state index contributed by atoms with van der Waals surface area (Å²) < 4.78 is 17.8. The molecule has 4 rings (SSSR count). The van der Waals surface area contributed by atoms with Crippen LogP contribution >= 0.6 is 23.1 Å². The molecule has 0 aromatic carbocycles. The minimum Gasteiger partial charge on any atom is -0.457 e. The van der Waals surface area contributed by atoms with E-state index in [1.54, 1.807) is 15.9 Å². The number of carbonyl (C=O) groups is 3.